The standard InChI is InChI=1S/C10H13.C3H4N.Zr/c1-3-9-6-5-7-10(4-2)8-9;1-2-3-4;/h5-6,8H,3-4H2,1-2H3;1-2H,3H2;/q2*-1;+2. The Balaban J connectivity index is 0.000000336. The van der Waals surface area contributed by atoms with Crippen LogP contribution in [0.2, 0.25) is 0 Å². The summed E-state index contributed by atoms with van der Waals surface area (Å²) in [5.41, 5.74) is 2.73. The first-order valence-corrected chi connectivity index (χ1v) is 6.24. The number of aryl methyl sites for hydroxylation is 2. The normalized spacial score (nSPS) is 8.80. The summed E-state index contributed by atoms with van der Waals surface area (Å²) < 4.78 is 3.76. The van der Waals surface area contributed by atoms with E-state index < -0.39 is 0 Å². The first kappa shape index (κ1) is 14.6. The van der Waals surface area contributed by atoms with Gasteiger partial charge in [-0.25, -0.2) is 0 Å². The van der Waals surface area contributed by atoms with Crippen LogP contribution in [0.4, 0.5) is 0 Å². The van der Waals surface area contributed by atoms with Crippen LogP contribution in [0.5, 0.6) is 0 Å². The quantitative estimate of drug-likeness (QED) is 0.749. The Morgan fingerprint density at radius 2 is 2.20 bits per heavy atom. The van der Waals surface area contributed by atoms with Crippen LogP contribution in [0.1, 0.15) is 25.0 Å². The Hall–Kier alpha value is -0.357. The maximum atomic E-state index is 4.93. The van der Waals surface area contributed by atoms with Crippen molar-refractivity contribution < 1.29 is 24.6 Å². The molecule has 15 heavy (non-hydrogen) atoms. The van der Waals surface area contributed by atoms with E-state index in [-0.39, 0.29) is 0 Å². The fourth-order valence-electron chi connectivity index (χ4n) is 1.05. The van der Waals surface area contributed by atoms with Crippen molar-refractivity contribution in [1.82, 2.24) is 0 Å². The van der Waals surface area contributed by atoms with Crippen LogP contribution in [0.3, 0.4) is 0 Å². The van der Waals surface area contributed by atoms with Crippen LogP contribution in [0.15, 0.2) is 27.1 Å². The van der Waals surface area contributed by atoms with Gasteiger partial charge in [-0.3, -0.25) is 0 Å². The van der Waals surface area contributed by atoms with Crippen molar-refractivity contribution in [1.29, 1.82) is 0 Å². The van der Waals surface area contributed by atoms with Gasteiger partial charge in [0.1, 0.15) is 0 Å². The van der Waals surface area contributed by atoms with E-state index in [1.165, 1.54) is 41.8 Å². The molecule has 0 N–H and O–H groups in total. The molecule has 0 saturated carbocycles. The van der Waals surface area contributed by atoms with Gasteiger partial charge in [0.2, 0.25) is 0 Å². The molecular formula is C13H17NZr. The first-order valence-electron chi connectivity index (χ1n) is 5.14. The summed E-state index contributed by atoms with van der Waals surface area (Å²) in [7, 11) is 0. The van der Waals surface area contributed by atoms with Gasteiger partial charge >= 0.3 is 46.6 Å². The Kier molecular flexibility index (Phi) is 9.93. The van der Waals surface area contributed by atoms with Crippen LogP contribution >= 0.6 is 0 Å². The topological polar surface area (TPSA) is 12.4 Å². The third kappa shape index (κ3) is 7.56. The summed E-state index contributed by atoms with van der Waals surface area (Å²) in [4.78, 5) is 0. The maximum absolute atomic E-state index is 4.93. The van der Waals surface area contributed by atoms with Crippen LogP contribution in [-0.4, -0.2) is 6.54 Å². The SMILES string of the molecule is CCc1[c-]ccc(CC)c1.[CH-]=CC[N]=[Zr+2]. The summed E-state index contributed by atoms with van der Waals surface area (Å²) in [6.45, 7) is 9.97. The van der Waals surface area contributed by atoms with E-state index in [0.29, 0.717) is 6.54 Å². The first-order chi connectivity index (χ1) is 7.28. The van der Waals surface area contributed by atoms with Gasteiger partial charge in [0.05, 0.1) is 0 Å². The molecule has 78 valence electrons. The van der Waals surface area contributed by atoms with Crippen molar-refractivity contribution in [3.05, 3.63) is 48.0 Å². The predicted molar refractivity (Wildman–Crippen MR) is 60.2 cm³/mol. The molecule has 0 bridgehead atoms. The van der Waals surface area contributed by atoms with E-state index in [0.717, 1.165) is 12.8 Å². The van der Waals surface area contributed by atoms with Crippen molar-refractivity contribution in [3.8, 4) is 0 Å². The molecule has 1 rings (SSSR count). The Labute approximate surface area is 108 Å². The van der Waals surface area contributed by atoms with Gasteiger partial charge in [-0.15, -0.1) is 0 Å². The fraction of sp³-hybridized carbons (Fsp3) is 0.385. The van der Waals surface area contributed by atoms with E-state index in [1.807, 2.05) is 6.07 Å². The number of hydrogen-bond acceptors (Lipinski definition) is 1. The second-order valence-electron chi connectivity index (χ2n) is 3.01. The van der Waals surface area contributed by atoms with Crippen LogP contribution in [0.25, 0.3) is 0 Å². The van der Waals surface area contributed by atoms with Gasteiger partial charge in [0.15, 0.2) is 0 Å². The molecule has 0 aliphatic rings. The zero-order valence-corrected chi connectivity index (χ0v) is 11.9. The molecule has 0 atom stereocenters. The number of benzene rings is 1. The molecule has 0 aliphatic heterocycles. The minimum atomic E-state index is 0.707. The zero-order chi connectivity index (χ0) is 11.5. The molecule has 1 aromatic carbocycles. The average molecular weight is 279 g/mol. The van der Waals surface area contributed by atoms with Crippen molar-refractivity contribution >= 4 is 0 Å². The molecular weight excluding hydrogens is 261 g/mol. The second kappa shape index (κ2) is 10.2. The molecule has 0 amide bonds. The molecule has 0 radical (unpaired) electrons. The average Bonchev–Trinajstić information content (AvgIpc) is 2.31. The zero-order valence-electron chi connectivity index (χ0n) is 9.46. The molecule has 0 unspecified atom stereocenters. The third-order valence-corrected chi connectivity index (χ3v) is 2.36. The van der Waals surface area contributed by atoms with Gasteiger partial charge in [-0.2, -0.15) is 35.4 Å². The van der Waals surface area contributed by atoms with Crippen LogP contribution < -0.4 is 0 Å². The Morgan fingerprint density at radius 1 is 1.47 bits per heavy atom. The summed E-state index contributed by atoms with van der Waals surface area (Å²) in [6, 6.07) is 9.55. The summed E-state index contributed by atoms with van der Waals surface area (Å²) in [5, 5.41) is 0. The third-order valence-electron chi connectivity index (χ3n) is 1.91. The molecule has 0 spiro atoms. The van der Waals surface area contributed by atoms with Gasteiger partial charge in [-0.1, -0.05) is 26.7 Å². The van der Waals surface area contributed by atoms with E-state index in [9.17, 15) is 0 Å². The van der Waals surface area contributed by atoms with Crippen LogP contribution in [0, 0.1) is 12.6 Å². The summed E-state index contributed by atoms with van der Waals surface area (Å²) in [5.74, 6) is 0. The minimum absolute atomic E-state index is 0.707. The van der Waals surface area contributed by atoms with Crippen molar-refractivity contribution in [2.24, 2.45) is 2.87 Å². The number of nitrogens with zero attached hydrogens (tertiary/aromatic N) is 1. The predicted octanol–water partition coefficient (Wildman–Crippen LogP) is 3.32. The fourth-order valence-corrected chi connectivity index (χ4v) is 1.31. The van der Waals surface area contributed by atoms with Gasteiger partial charge in [-0.05, 0) is 0 Å². The molecule has 0 aliphatic carbocycles. The second-order valence-corrected chi connectivity index (χ2v) is 3.78. The summed E-state index contributed by atoms with van der Waals surface area (Å²) >= 11 is 1.20. The van der Waals surface area contributed by atoms with Gasteiger partial charge < -0.3 is 0 Å². The molecule has 0 saturated heterocycles. The van der Waals surface area contributed by atoms with Crippen molar-refractivity contribution in [2.45, 2.75) is 26.7 Å². The van der Waals surface area contributed by atoms with E-state index in [2.05, 4.69) is 34.9 Å². The van der Waals surface area contributed by atoms with E-state index in [4.69, 9.17) is 6.58 Å². The Morgan fingerprint density at radius 3 is 2.60 bits per heavy atom. The molecule has 0 heterocycles. The summed E-state index contributed by atoms with van der Waals surface area (Å²) in [6.07, 6.45) is 3.75. The molecule has 1 nitrogen and oxygen atoms in total. The molecule has 2 heteroatoms. The van der Waals surface area contributed by atoms with Crippen molar-refractivity contribution in [2.75, 3.05) is 6.54 Å². The number of rotatable bonds is 4. The van der Waals surface area contributed by atoms with E-state index >= 15 is 0 Å². The monoisotopic (exact) mass is 277 g/mol. The Bertz CT molecular complexity index is 269. The molecule has 1 aromatic rings. The van der Waals surface area contributed by atoms with Gasteiger partial charge in [0.25, 0.3) is 0 Å². The van der Waals surface area contributed by atoms with Gasteiger partial charge in [0, 0.05) is 0 Å². The van der Waals surface area contributed by atoms with Crippen LogP contribution in [-0.2, 0) is 37.4 Å². The van der Waals surface area contributed by atoms with Crippen molar-refractivity contribution in [3.63, 3.8) is 0 Å². The molecule has 0 aromatic heterocycles. The number of hydrogen-bond donors (Lipinski definition) is 0. The van der Waals surface area contributed by atoms with E-state index in [1.54, 1.807) is 0 Å². The molecule has 0 fully saturated rings.